The molecule has 166 valence electrons. The zero-order chi connectivity index (χ0) is 21.7. The fraction of sp³-hybridized carbons (Fsp3) is 0.571. The van der Waals surface area contributed by atoms with E-state index in [0.29, 0.717) is 32.1 Å². The summed E-state index contributed by atoms with van der Waals surface area (Å²) in [4.78, 5) is 4.57. The van der Waals surface area contributed by atoms with Crippen molar-refractivity contribution < 1.29 is 17.6 Å². The summed E-state index contributed by atoms with van der Waals surface area (Å²) in [5.74, 6) is 1.37. The third-order valence-corrected chi connectivity index (χ3v) is 6.90. The molecule has 0 aliphatic carbocycles. The van der Waals surface area contributed by atoms with Crippen molar-refractivity contribution >= 4 is 27.0 Å². The summed E-state index contributed by atoms with van der Waals surface area (Å²) in [7, 11) is -3.36. The largest absolute Gasteiger partial charge is 0.459 e. The Morgan fingerprint density at radius 3 is 2.57 bits per heavy atom. The molecule has 0 saturated carbocycles. The van der Waals surface area contributed by atoms with E-state index in [9.17, 15) is 8.42 Å². The first-order valence-corrected chi connectivity index (χ1v) is 12.0. The quantitative estimate of drug-likeness (QED) is 0.510. The van der Waals surface area contributed by atoms with Crippen LogP contribution in [0, 0.1) is 6.92 Å². The van der Waals surface area contributed by atoms with Crippen molar-refractivity contribution in [1.29, 1.82) is 0 Å². The summed E-state index contributed by atoms with van der Waals surface area (Å²) in [5.41, 5.74) is 1.92. The molecule has 9 heteroatoms. The average molecular weight is 437 g/mol. The zero-order valence-corrected chi connectivity index (χ0v) is 19.0. The second-order valence-corrected chi connectivity index (χ2v) is 9.75. The number of sulfonamides is 1. The number of nitrogens with zero attached hydrogens (tertiary/aromatic N) is 2. The number of aliphatic imine (C=N–C) groups is 1. The third-order valence-electron chi connectivity index (χ3n) is 5.10. The Hall–Kier alpha value is -2.10. The molecule has 1 aliphatic rings. The van der Waals surface area contributed by atoms with Gasteiger partial charge in [-0.3, -0.25) is 0 Å². The lowest BCUT2D eigenvalue weighted by molar-refractivity contribution is -0.0440. The van der Waals surface area contributed by atoms with Crippen LogP contribution in [0.15, 0.2) is 33.7 Å². The van der Waals surface area contributed by atoms with Gasteiger partial charge in [0.1, 0.15) is 17.9 Å². The first kappa shape index (κ1) is 22.6. The monoisotopic (exact) mass is 436 g/mol. The molecule has 30 heavy (non-hydrogen) atoms. The van der Waals surface area contributed by atoms with Gasteiger partial charge in [0.15, 0.2) is 5.96 Å². The fourth-order valence-corrected chi connectivity index (χ4v) is 5.15. The molecule has 2 aromatic rings. The van der Waals surface area contributed by atoms with Crippen molar-refractivity contribution in [3.63, 3.8) is 0 Å². The Labute approximate surface area is 178 Å². The second kappa shape index (κ2) is 9.80. The lowest BCUT2D eigenvalue weighted by atomic mass is 10.1. The van der Waals surface area contributed by atoms with Crippen molar-refractivity contribution in [2.45, 2.75) is 46.4 Å². The Balaban J connectivity index is 1.60. The highest BCUT2D eigenvalue weighted by Gasteiger charge is 2.30. The number of rotatable bonds is 7. The van der Waals surface area contributed by atoms with Crippen LogP contribution < -0.4 is 10.6 Å². The van der Waals surface area contributed by atoms with Gasteiger partial charge < -0.3 is 19.8 Å². The number of fused-ring (bicyclic) bond motifs is 1. The van der Waals surface area contributed by atoms with Crippen LogP contribution in [0.1, 0.15) is 32.1 Å². The molecule has 0 radical (unpaired) electrons. The van der Waals surface area contributed by atoms with Gasteiger partial charge >= 0.3 is 0 Å². The van der Waals surface area contributed by atoms with Crippen molar-refractivity contribution in [2.24, 2.45) is 4.99 Å². The molecule has 2 atom stereocenters. The molecule has 0 spiro atoms. The molecule has 8 nitrogen and oxygen atoms in total. The molecule has 2 N–H and O–H groups in total. The van der Waals surface area contributed by atoms with Crippen molar-refractivity contribution in [2.75, 3.05) is 31.9 Å². The van der Waals surface area contributed by atoms with E-state index in [4.69, 9.17) is 9.15 Å². The van der Waals surface area contributed by atoms with E-state index in [1.165, 1.54) is 4.31 Å². The number of aryl methyl sites for hydroxylation is 1. The average Bonchev–Trinajstić information content (AvgIpc) is 3.01. The topological polar surface area (TPSA) is 96.2 Å². The molecular formula is C21H32N4O4S. The van der Waals surface area contributed by atoms with E-state index in [-0.39, 0.29) is 24.5 Å². The highest BCUT2D eigenvalue weighted by molar-refractivity contribution is 7.89. The van der Waals surface area contributed by atoms with E-state index >= 15 is 0 Å². The molecular weight excluding hydrogens is 404 g/mol. The van der Waals surface area contributed by atoms with Gasteiger partial charge in [-0.15, -0.1) is 0 Å². The zero-order valence-electron chi connectivity index (χ0n) is 18.1. The molecule has 1 fully saturated rings. The SMILES string of the molecule is CCNC(=NCc1oc2ccccc2c1C)NCCS(=O)(=O)N1CC(C)OC(C)C1. The highest BCUT2D eigenvalue weighted by atomic mass is 32.2. The van der Waals surface area contributed by atoms with Gasteiger partial charge in [0.05, 0.1) is 18.0 Å². The smallest absolute Gasteiger partial charge is 0.216 e. The lowest BCUT2D eigenvalue weighted by Crippen LogP contribution is -2.50. The van der Waals surface area contributed by atoms with Crippen molar-refractivity contribution in [1.82, 2.24) is 14.9 Å². The third kappa shape index (κ3) is 5.53. The van der Waals surface area contributed by atoms with Crippen LogP contribution >= 0.6 is 0 Å². The number of benzene rings is 1. The maximum Gasteiger partial charge on any atom is 0.216 e. The van der Waals surface area contributed by atoms with Crippen LogP contribution in [0.25, 0.3) is 11.0 Å². The maximum atomic E-state index is 12.7. The number of guanidine groups is 1. The van der Waals surface area contributed by atoms with Gasteiger partial charge in [-0.1, -0.05) is 18.2 Å². The van der Waals surface area contributed by atoms with E-state index in [1.807, 2.05) is 52.0 Å². The predicted octanol–water partition coefficient (Wildman–Crippen LogP) is 2.24. The second-order valence-electron chi connectivity index (χ2n) is 7.66. The number of para-hydroxylation sites is 1. The molecule has 1 aliphatic heterocycles. The first-order chi connectivity index (χ1) is 14.3. The Morgan fingerprint density at radius 1 is 1.20 bits per heavy atom. The van der Waals surface area contributed by atoms with Crippen molar-refractivity contribution in [3.05, 3.63) is 35.6 Å². The maximum absolute atomic E-state index is 12.7. The van der Waals surface area contributed by atoms with Gasteiger partial charge in [0.25, 0.3) is 0 Å². The molecule has 0 bridgehead atoms. The van der Waals surface area contributed by atoms with E-state index in [2.05, 4.69) is 15.6 Å². The normalized spacial score (nSPS) is 21.1. The number of ether oxygens (including phenoxy) is 1. The van der Waals surface area contributed by atoms with Gasteiger partial charge in [-0.25, -0.2) is 13.4 Å². The van der Waals surface area contributed by atoms with Crippen LogP contribution in [-0.4, -0.2) is 62.8 Å². The van der Waals surface area contributed by atoms with Crippen LogP contribution in [-0.2, 0) is 21.3 Å². The summed E-state index contributed by atoms with van der Waals surface area (Å²) < 4.78 is 38.5. The number of furan rings is 1. The van der Waals surface area contributed by atoms with E-state index in [0.717, 1.165) is 22.3 Å². The minimum Gasteiger partial charge on any atom is -0.459 e. The molecule has 0 amide bonds. The van der Waals surface area contributed by atoms with Crippen LogP contribution in [0.2, 0.25) is 0 Å². The van der Waals surface area contributed by atoms with E-state index in [1.54, 1.807) is 0 Å². The van der Waals surface area contributed by atoms with Gasteiger partial charge in [0.2, 0.25) is 10.0 Å². The van der Waals surface area contributed by atoms with Gasteiger partial charge in [-0.05, 0) is 33.8 Å². The summed E-state index contributed by atoms with van der Waals surface area (Å²) in [6.45, 7) is 9.90. The number of hydrogen-bond donors (Lipinski definition) is 2. The van der Waals surface area contributed by atoms with Crippen LogP contribution in [0.3, 0.4) is 0 Å². The molecule has 2 heterocycles. The summed E-state index contributed by atoms with van der Waals surface area (Å²) in [6, 6.07) is 7.90. The highest BCUT2D eigenvalue weighted by Crippen LogP contribution is 2.25. The minimum atomic E-state index is -3.36. The summed E-state index contributed by atoms with van der Waals surface area (Å²) in [6.07, 6.45) is -0.190. The van der Waals surface area contributed by atoms with Gasteiger partial charge in [0, 0.05) is 37.1 Å². The van der Waals surface area contributed by atoms with Crippen LogP contribution in [0.4, 0.5) is 0 Å². The standard InChI is InChI=1S/C21H32N4O4S/c1-5-22-21(24-12-20-17(4)18-8-6-7-9-19(18)29-20)23-10-11-30(26,27)25-13-15(2)28-16(3)14-25/h6-9,15-16H,5,10-14H2,1-4H3,(H2,22,23,24). The van der Waals surface area contributed by atoms with Crippen LogP contribution in [0.5, 0.6) is 0 Å². The Bertz CT molecular complexity index is 976. The molecule has 1 aromatic heterocycles. The summed E-state index contributed by atoms with van der Waals surface area (Å²) >= 11 is 0. The minimum absolute atomic E-state index is 0.000516. The Kier molecular flexibility index (Phi) is 7.38. The molecule has 3 rings (SSSR count). The van der Waals surface area contributed by atoms with Gasteiger partial charge in [-0.2, -0.15) is 4.31 Å². The van der Waals surface area contributed by atoms with E-state index < -0.39 is 10.0 Å². The summed E-state index contributed by atoms with van der Waals surface area (Å²) in [5, 5.41) is 7.36. The first-order valence-electron chi connectivity index (χ1n) is 10.4. The Morgan fingerprint density at radius 2 is 1.90 bits per heavy atom. The molecule has 1 aromatic carbocycles. The number of nitrogens with one attached hydrogen (secondary N) is 2. The fourth-order valence-electron chi connectivity index (χ4n) is 3.65. The number of morpholine rings is 1. The van der Waals surface area contributed by atoms with Crippen molar-refractivity contribution in [3.8, 4) is 0 Å². The number of hydrogen-bond acceptors (Lipinski definition) is 5. The molecule has 1 saturated heterocycles. The molecule has 2 unspecified atom stereocenters. The predicted molar refractivity (Wildman–Crippen MR) is 119 cm³/mol. The lowest BCUT2D eigenvalue weighted by Gasteiger charge is -2.34.